The van der Waals surface area contributed by atoms with E-state index >= 15 is 0 Å². The summed E-state index contributed by atoms with van der Waals surface area (Å²) in [5, 5.41) is 6.02. The molecule has 0 radical (unpaired) electrons. The molecule has 150 valence electrons. The number of amides is 1. The number of rotatable bonds is 3. The number of carbonyl (C=O) groups excluding carboxylic acids is 1. The lowest BCUT2D eigenvalue weighted by molar-refractivity contribution is 0.0977. The number of nitrogens with one attached hydrogen (secondary N) is 2. The Kier molecular flexibility index (Phi) is 5.65. The molecule has 1 heterocycles. The van der Waals surface area contributed by atoms with Crippen LogP contribution in [0, 0.1) is 13.8 Å². The van der Waals surface area contributed by atoms with Crippen LogP contribution in [0.2, 0.25) is 0 Å². The van der Waals surface area contributed by atoms with Crippen molar-refractivity contribution in [2.24, 2.45) is 0 Å². The second-order valence-corrected chi connectivity index (χ2v) is 8.26. The molecule has 5 nitrogen and oxygen atoms in total. The highest BCUT2D eigenvalue weighted by atomic mass is 79.9. The summed E-state index contributed by atoms with van der Waals surface area (Å²) < 4.78 is 6.75. The molecule has 2 N–H and O–H groups in total. The van der Waals surface area contributed by atoms with Gasteiger partial charge in [-0.05, 0) is 79.7 Å². The van der Waals surface area contributed by atoms with Crippen LogP contribution in [-0.2, 0) is 0 Å². The van der Waals surface area contributed by atoms with Crippen LogP contribution in [-0.4, -0.2) is 16.0 Å². The fourth-order valence-corrected chi connectivity index (χ4v) is 3.61. The van der Waals surface area contributed by atoms with E-state index in [-0.39, 0.29) is 11.0 Å². The van der Waals surface area contributed by atoms with Crippen molar-refractivity contribution in [2.75, 3.05) is 5.32 Å². The van der Waals surface area contributed by atoms with Gasteiger partial charge >= 0.3 is 0 Å². The zero-order chi connectivity index (χ0) is 21.3. The van der Waals surface area contributed by atoms with E-state index in [2.05, 4.69) is 31.5 Å². The summed E-state index contributed by atoms with van der Waals surface area (Å²) in [5.74, 6) is 0.250. The number of oxazole rings is 1. The quantitative estimate of drug-likeness (QED) is 0.352. The Bertz CT molecular complexity index is 1280. The Labute approximate surface area is 187 Å². The first-order valence-corrected chi connectivity index (χ1v) is 10.5. The number of aryl methyl sites for hydroxylation is 2. The number of halogens is 1. The van der Waals surface area contributed by atoms with Gasteiger partial charge in [0.2, 0.25) is 5.89 Å². The topological polar surface area (TPSA) is 67.2 Å². The van der Waals surface area contributed by atoms with E-state index in [4.69, 9.17) is 16.6 Å². The molecule has 3 aromatic carbocycles. The van der Waals surface area contributed by atoms with E-state index < -0.39 is 0 Å². The highest BCUT2D eigenvalue weighted by Crippen LogP contribution is 2.28. The maximum atomic E-state index is 12.4. The van der Waals surface area contributed by atoms with Crippen molar-refractivity contribution < 1.29 is 9.21 Å². The van der Waals surface area contributed by atoms with Crippen LogP contribution in [0.15, 0.2) is 69.6 Å². The average Bonchev–Trinajstić information content (AvgIpc) is 3.12. The number of fused-ring (bicyclic) bond motifs is 1. The predicted molar refractivity (Wildman–Crippen MR) is 127 cm³/mol. The fraction of sp³-hybridized carbons (Fsp3) is 0.0870. The van der Waals surface area contributed by atoms with E-state index in [0.717, 1.165) is 38.0 Å². The Morgan fingerprint density at radius 2 is 1.90 bits per heavy atom. The molecule has 1 aromatic heterocycles. The predicted octanol–water partition coefficient (Wildman–Crippen LogP) is 6.00. The summed E-state index contributed by atoms with van der Waals surface area (Å²) in [7, 11) is 0. The van der Waals surface area contributed by atoms with Crippen LogP contribution in [0.4, 0.5) is 5.69 Å². The molecule has 30 heavy (non-hydrogen) atoms. The molecule has 7 heteroatoms. The molecule has 0 saturated heterocycles. The van der Waals surface area contributed by atoms with Crippen LogP contribution in [0.1, 0.15) is 21.5 Å². The van der Waals surface area contributed by atoms with Gasteiger partial charge in [-0.3, -0.25) is 10.1 Å². The number of thiocarbonyl (C=S) groups is 1. The highest BCUT2D eigenvalue weighted by molar-refractivity contribution is 9.10. The molecule has 0 bridgehead atoms. The third-order valence-corrected chi connectivity index (χ3v) is 5.29. The highest BCUT2D eigenvalue weighted by Gasteiger charge is 2.12. The minimum atomic E-state index is -0.281. The number of hydrogen-bond donors (Lipinski definition) is 2. The number of benzene rings is 3. The molecule has 0 spiro atoms. The van der Waals surface area contributed by atoms with Gasteiger partial charge in [0.25, 0.3) is 5.91 Å². The molecule has 0 unspecified atom stereocenters. The minimum Gasteiger partial charge on any atom is -0.436 e. The van der Waals surface area contributed by atoms with Crippen molar-refractivity contribution in [2.45, 2.75) is 13.8 Å². The Morgan fingerprint density at radius 3 is 2.70 bits per heavy atom. The summed E-state index contributed by atoms with van der Waals surface area (Å²) in [6.45, 7) is 3.97. The molecule has 0 atom stereocenters. The first kappa shape index (κ1) is 20.3. The lowest BCUT2D eigenvalue weighted by atomic mass is 10.1. The Morgan fingerprint density at radius 1 is 1.07 bits per heavy atom. The van der Waals surface area contributed by atoms with Gasteiger partial charge in [0, 0.05) is 21.3 Å². The smallest absolute Gasteiger partial charge is 0.257 e. The summed E-state index contributed by atoms with van der Waals surface area (Å²) in [5.41, 5.74) is 5.75. The number of nitrogens with zero attached hydrogens (tertiary/aromatic N) is 1. The molecule has 0 saturated carbocycles. The Balaban J connectivity index is 1.54. The fourth-order valence-electron chi connectivity index (χ4n) is 3.00. The van der Waals surface area contributed by atoms with Gasteiger partial charge in [-0.1, -0.05) is 34.1 Å². The zero-order valence-corrected chi connectivity index (χ0v) is 18.7. The molecular weight excluding hydrogens is 462 g/mol. The second kappa shape index (κ2) is 8.38. The number of carbonyl (C=O) groups is 1. The van der Waals surface area contributed by atoms with Crippen LogP contribution < -0.4 is 10.6 Å². The molecule has 4 aromatic rings. The van der Waals surface area contributed by atoms with E-state index in [9.17, 15) is 4.79 Å². The summed E-state index contributed by atoms with van der Waals surface area (Å²) in [6.07, 6.45) is 0. The van der Waals surface area contributed by atoms with Gasteiger partial charge in [-0.25, -0.2) is 4.98 Å². The molecule has 0 aliphatic rings. The molecule has 0 aliphatic heterocycles. The van der Waals surface area contributed by atoms with Gasteiger partial charge in [-0.15, -0.1) is 0 Å². The third kappa shape index (κ3) is 4.42. The first-order chi connectivity index (χ1) is 14.4. The van der Waals surface area contributed by atoms with Crippen molar-refractivity contribution in [1.29, 1.82) is 0 Å². The van der Waals surface area contributed by atoms with Crippen LogP contribution in [0.3, 0.4) is 0 Å². The van der Waals surface area contributed by atoms with Crippen molar-refractivity contribution in [1.82, 2.24) is 10.3 Å². The van der Waals surface area contributed by atoms with E-state index in [0.29, 0.717) is 11.5 Å². The Hall–Kier alpha value is -3.03. The maximum absolute atomic E-state index is 12.4. The lowest BCUT2D eigenvalue weighted by Crippen LogP contribution is -2.34. The van der Waals surface area contributed by atoms with Crippen molar-refractivity contribution in [3.8, 4) is 11.5 Å². The first-order valence-electron chi connectivity index (χ1n) is 9.25. The minimum absolute atomic E-state index is 0.216. The molecule has 4 rings (SSSR count). The number of aromatic nitrogens is 1. The van der Waals surface area contributed by atoms with Gasteiger partial charge in [0.05, 0.1) is 0 Å². The second-order valence-electron chi connectivity index (χ2n) is 6.94. The largest absolute Gasteiger partial charge is 0.436 e. The standard InChI is InChI=1S/C23H18BrN3O2S/c1-13-6-9-18-20(10-13)29-22(25-18)16-8-7-14(2)19(12-16)26-23(30)27-21(28)15-4-3-5-17(24)11-15/h3-12H,1-2H3,(H2,26,27,28,30). The van der Waals surface area contributed by atoms with Crippen molar-refractivity contribution in [3.05, 3.63) is 81.8 Å². The summed E-state index contributed by atoms with van der Waals surface area (Å²) >= 11 is 8.70. The average molecular weight is 480 g/mol. The monoisotopic (exact) mass is 479 g/mol. The normalized spacial score (nSPS) is 10.8. The van der Waals surface area contributed by atoms with Crippen LogP contribution in [0.25, 0.3) is 22.6 Å². The molecule has 0 aliphatic carbocycles. The van der Waals surface area contributed by atoms with Crippen molar-refractivity contribution >= 4 is 56.0 Å². The van der Waals surface area contributed by atoms with Gasteiger partial charge in [-0.2, -0.15) is 0 Å². The zero-order valence-electron chi connectivity index (χ0n) is 16.3. The van der Waals surface area contributed by atoms with Gasteiger partial charge < -0.3 is 9.73 Å². The summed E-state index contributed by atoms with van der Waals surface area (Å²) in [4.78, 5) is 17.0. The molecule has 1 amide bonds. The molecule has 0 fully saturated rings. The third-order valence-electron chi connectivity index (χ3n) is 4.59. The van der Waals surface area contributed by atoms with E-state index in [1.807, 2.05) is 56.3 Å². The SMILES string of the molecule is Cc1ccc2nc(-c3ccc(C)c(NC(=S)NC(=O)c4cccc(Br)c4)c3)oc2c1. The van der Waals surface area contributed by atoms with Crippen LogP contribution in [0.5, 0.6) is 0 Å². The van der Waals surface area contributed by atoms with E-state index in [1.54, 1.807) is 18.2 Å². The van der Waals surface area contributed by atoms with Gasteiger partial charge in [0.1, 0.15) is 5.52 Å². The summed E-state index contributed by atoms with van der Waals surface area (Å²) in [6, 6.07) is 18.8. The van der Waals surface area contributed by atoms with E-state index in [1.165, 1.54) is 0 Å². The van der Waals surface area contributed by atoms with Crippen molar-refractivity contribution in [3.63, 3.8) is 0 Å². The lowest BCUT2D eigenvalue weighted by Gasteiger charge is -2.12. The number of anilines is 1. The van der Waals surface area contributed by atoms with Crippen LogP contribution >= 0.6 is 28.1 Å². The maximum Gasteiger partial charge on any atom is 0.257 e. The molecular formula is C23H18BrN3O2S. The number of hydrogen-bond acceptors (Lipinski definition) is 4. The van der Waals surface area contributed by atoms with Gasteiger partial charge in [0.15, 0.2) is 10.7 Å².